The SMILES string of the molecule is COc1ccc(C(N)C2CCC(C)C2)c(OC)c1. The van der Waals surface area contributed by atoms with Crippen molar-refractivity contribution in [2.45, 2.75) is 32.2 Å². The van der Waals surface area contributed by atoms with Gasteiger partial charge < -0.3 is 15.2 Å². The molecule has 0 spiro atoms. The normalized spacial score (nSPS) is 24.9. The molecule has 0 aliphatic heterocycles. The second kappa shape index (κ2) is 5.61. The molecule has 1 fully saturated rings. The molecule has 0 bridgehead atoms. The minimum absolute atomic E-state index is 0.0656. The van der Waals surface area contributed by atoms with Gasteiger partial charge in [-0.1, -0.05) is 19.4 Å². The summed E-state index contributed by atoms with van der Waals surface area (Å²) in [6, 6.07) is 5.96. The van der Waals surface area contributed by atoms with Crippen molar-refractivity contribution in [1.29, 1.82) is 0 Å². The molecule has 1 aromatic carbocycles. The molecule has 0 aromatic heterocycles. The minimum atomic E-state index is 0.0656. The molecule has 1 aliphatic carbocycles. The molecular weight excluding hydrogens is 226 g/mol. The van der Waals surface area contributed by atoms with Crippen LogP contribution in [-0.4, -0.2) is 14.2 Å². The molecule has 0 saturated heterocycles. The molecule has 1 aliphatic rings. The third-order valence-corrected chi connectivity index (χ3v) is 4.04. The second-order valence-electron chi connectivity index (χ2n) is 5.31. The van der Waals surface area contributed by atoms with Gasteiger partial charge in [0.25, 0.3) is 0 Å². The summed E-state index contributed by atoms with van der Waals surface area (Å²) in [7, 11) is 3.34. The highest BCUT2D eigenvalue weighted by molar-refractivity contribution is 5.42. The summed E-state index contributed by atoms with van der Waals surface area (Å²) in [5.41, 5.74) is 7.50. The average molecular weight is 249 g/mol. The molecular formula is C15H23NO2. The highest BCUT2D eigenvalue weighted by Crippen LogP contribution is 2.40. The highest BCUT2D eigenvalue weighted by atomic mass is 16.5. The van der Waals surface area contributed by atoms with Crippen LogP contribution in [-0.2, 0) is 0 Å². The fraction of sp³-hybridized carbons (Fsp3) is 0.600. The van der Waals surface area contributed by atoms with Gasteiger partial charge in [-0.2, -0.15) is 0 Å². The van der Waals surface area contributed by atoms with E-state index in [1.807, 2.05) is 18.2 Å². The van der Waals surface area contributed by atoms with Gasteiger partial charge in [-0.25, -0.2) is 0 Å². The molecule has 2 rings (SSSR count). The Kier molecular flexibility index (Phi) is 4.12. The number of ether oxygens (including phenoxy) is 2. The Morgan fingerprint density at radius 2 is 2.00 bits per heavy atom. The first-order chi connectivity index (χ1) is 8.65. The lowest BCUT2D eigenvalue weighted by Crippen LogP contribution is -2.20. The lowest BCUT2D eigenvalue weighted by atomic mass is 9.91. The van der Waals surface area contributed by atoms with Crippen LogP contribution in [0.2, 0.25) is 0 Å². The first-order valence-corrected chi connectivity index (χ1v) is 6.63. The maximum absolute atomic E-state index is 6.41. The largest absolute Gasteiger partial charge is 0.497 e. The second-order valence-corrected chi connectivity index (χ2v) is 5.31. The summed E-state index contributed by atoms with van der Waals surface area (Å²) < 4.78 is 10.6. The molecule has 3 atom stereocenters. The first kappa shape index (κ1) is 13.2. The van der Waals surface area contributed by atoms with E-state index >= 15 is 0 Å². The maximum atomic E-state index is 6.41. The lowest BCUT2D eigenvalue weighted by molar-refractivity contribution is 0.372. The van der Waals surface area contributed by atoms with Crippen molar-refractivity contribution in [1.82, 2.24) is 0 Å². The number of methoxy groups -OCH3 is 2. The zero-order valence-corrected chi connectivity index (χ0v) is 11.5. The van der Waals surface area contributed by atoms with Crippen molar-refractivity contribution >= 4 is 0 Å². The van der Waals surface area contributed by atoms with Gasteiger partial charge in [0, 0.05) is 17.7 Å². The summed E-state index contributed by atoms with van der Waals surface area (Å²) in [4.78, 5) is 0. The van der Waals surface area contributed by atoms with Gasteiger partial charge >= 0.3 is 0 Å². The average Bonchev–Trinajstić information content (AvgIpc) is 2.83. The van der Waals surface area contributed by atoms with E-state index in [1.54, 1.807) is 14.2 Å². The molecule has 3 heteroatoms. The van der Waals surface area contributed by atoms with Crippen molar-refractivity contribution in [2.24, 2.45) is 17.6 Å². The Hall–Kier alpha value is -1.22. The number of nitrogens with two attached hydrogens (primary N) is 1. The lowest BCUT2D eigenvalue weighted by Gasteiger charge is -2.22. The Morgan fingerprint density at radius 3 is 2.56 bits per heavy atom. The molecule has 0 heterocycles. The Labute approximate surface area is 109 Å². The van der Waals surface area contributed by atoms with E-state index in [4.69, 9.17) is 15.2 Å². The van der Waals surface area contributed by atoms with Crippen LogP contribution in [0.3, 0.4) is 0 Å². The molecule has 0 amide bonds. The fourth-order valence-electron chi connectivity index (χ4n) is 2.93. The van der Waals surface area contributed by atoms with Crippen LogP contribution in [0.1, 0.15) is 37.8 Å². The number of hydrogen-bond acceptors (Lipinski definition) is 3. The summed E-state index contributed by atoms with van der Waals surface area (Å²) in [6.07, 6.45) is 3.73. The van der Waals surface area contributed by atoms with Crippen LogP contribution in [0, 0.1) is 11.8 Å². The van der Waals surface area contributed by atoms with Gasteiger partial charge in [0.2, 0.25) is 0 Å². The summed E-state index contributed by atoms with van der Waals surface area (Å²) >= 11 is 0. The minimum Gasteiger partial charge on any atom is -0.497 e. The molecule has 0 radical (unpaired) electrons. The molecule has 100 valence electrons. The van der Waals surface area contributed by atoms with Crippen molar-refractivity contribution in [3.63, 3.8) is 0 Å². The van der Waals surface area contributed by atoms with Crippen molar-refractivity contribution in [2.75, 3.05) is 14.2 Å². The predicted molar refractivity (Wildman–Crippen MR) is 73.0 cm³/mol. The Morgan fingerprint density at radius 1 is 1.22 bits per heavy atom. The first-order valence-electron chi connectivity index (χ1n) is 6.63. The zero-order valence-electron chi connectivity index (χ0n) is 11.5. The molecule has 1 saturated carbocycles. The standard InChI is InChI=1S/C15H23NO2/c1-10-4-5-11(8-10)15(16)13-7-6-12(17-2)9-14(13)18-3/h6-7,9-11,15H,4-5,8,16H2,1-3H3. The van der Waals surface area contributed by atoms with Gasteiger partial charge in [-0.15, -0.1) is 0 Å². The van der Waals surface area contributed by atoms with Crippen LogP contribution in [0.15, 0.2) is 18.2 Å². The van der Waals surface area contributed by atoms with Crippen molar-refractivity contribution in [3.8, 4) is 11.5 Å². The summed E-state index contributed by atoms with van der Waals surface area (Å²) in [5.74, 6) is 3.01. The Balaban J connectivity index is 2.21. The fourth-order valence-corrected chi connectivity index (χ4v) is 2.93. The van der Waals surface area contributed by atoms with Gasteiger partial charge in [-0.05, 0) is 30.7 Å². The maximum Gasteiger partial charge on any atom is 0.127 e. The summed E-state index contributed by atoms with van der Waals surface area (Å²) in [5, 5.41) is 0. The van der Waals surface area contributed by atoms with Gasteiger partial charge in [0.15, 0.2) is 0 Å². The Bertz CT molecular complexity index is 405. The van der Waals surface area contributed by atoms with Crippen LogP contribution in [0.5, 0.6) is 11.5 Å². The van der Waals surface area contributed by atoms with Crippen LogP contribution in [0.4, 0.5) is 0 Å². The summed E-state index contributed by atoms with van der Waals surface area (Å²) in [6.45, 7) is 2.30. The zero-order chi connectivity index (χ0) is 13.1. The third kappa shape index (κ3) is 2.61. The molecule has 3 nitrogen and oxygen atoms in total. The van der Waals surface area contributed by atoms with Gasteiger partial charge in [0.05, 0.1) is 14.2 Å². The van der Waals surface area contributed by atoms with Gasteiger partial charge in [-0.3, -0.25) is 0 Å². The molecule has 3 unspecified atom stereocenters. The van der Waals surface area contributed by atoms with E-state index in [-0.39, 0.29) is 6.04 Å². The molecule has 2 N–H and O–H groups in total. The van der Waals surface area contributed by atoms with E-state index in [0.29, 0.717) is 5.92 Å². The van der Waals surface area contributed by atoms with Crippen LogP contribution >= 0.6 is 0 Å². The van der Waals surface area contributed by atoms with Crippen LogP contribution < -0.4 is 15.2 Å². The van der Waals surface area contributed by atoms with Crippen molar-refractivity contribution < 1.29 is 9.47 Å². The molecule has 18 heavy (non-hydrogen) atoms. The smallest absolute Gasteiger partial charge is 0.127 e. The predicted octanol–water partition coefficient (Wildman–Crippen LogP) is 3.14. The number of rotatable bonds is 4. The van der Waals surface area contributed by atoms with Crippen LogP contribution in [0.25, 0.3) is 0 Å². The monoisotopic (exact) mass is 249 g/mol. The molecule has 1 aromatic rings. The highest BCUT2D eigenvalue weighted by Gasteiger charge is 2.29. The van der Waals surface area contributed by atoms with E-state index in [2.05, 4.69) is 6.92 Å². The van der Waals surface area contributed by atoms with E-state index in [1.165, 1.54) is 19.3 Å². The topological polar surface area (TPSA) is 44.5 Å². The number of hydrogen-bond donors (Lipinski definition) is 1. The van der Waals surface area contributed by atoms with Gasteiger partial charge in [0.1, 0.15) is 11.5 Å². The van der Waals surface area contributed by atoms with E-state index in [9.17, 15) is 0 Å². The quantitative estimate of drug-likeness (QED) is 0.891. The third-order valence-electron chi connectivity index (χ3n) is 4.04. The van der Waals surface area contributed by atoms with Crippen molar-refractivity contribution in [3.05, 3.63) is 23.8 Å². The van der Waals surface area contributed by atoms with E-state index in [0.717, 1.165) is 23.0 Å². The van der Waals surface area contributed by atoms with E-state index < -0.39 is 0 Å². The number of benzene rings is 1.